The van der Waals surface area contributed by atoms with Crippen LogP contribution in [0.3, 0.4) is 0 Å². The van der Waals surface area contributed by atoms with Gasteiger partial charge in [0.25, 0.3) is 0 Å². The van der Waals surface area contributed by atoms with Crippen LogP contribution in [0, 0.1) is 12.3 Å². The summed E-state index contributed by atoms with van der Waals surface area (Å²) in [5, 5.41) is 14.9. The molecule has 2 aromatic carbocycles. The van der Waals surface area contributed by atoms with Gasteiger partial charge < -0.3 is 10.5 Å². The lowest BCUT2D eigenvalue weighted by molar-refractivity contribution is -0.131. The Balaban J connectivity index is 1.76. The van der Waals surface area contributed by atoms with Crippen LogP contribution >= 0.6 is 11.8 Å². The number of ether oxygens (including phenoxy) is 1. The van der Waals surface area contributed by atoms with Crippen LogP contribution in [0.2, 0.25) is 0 Å². The molecule has 0 aliphatic carbocycles. The van der Waals surface area contributed by atoms with E-state index in [1.807, 2.05) is 55.1 Å². The van der Waals surface area contributed by atoms with E-state index in [4.69, 9.17) is 21.3 Å². The number of nitrogens with one attached hydrogen (secondary N) is 1. The van der Waals surface area contributed by atoms with Crippen LogP contribution in [0.25, 0.3) is 11.3 Å². The van der Waals surface area contributed by atoms with Crippen LogP contribution in [0.4, 0.5) is 0 Å². The van der Waals surface area contributed by atoms with Crippen molar-refractivity contribution in [3.8, 4) is 11.3 Å². The van der Waals surface area contributed by atoms with Crippen molar-refractivity contribution in [3.63, 3.8) is 0 Å². The van der Waals surface area contributed by atoms with E-state index < -0.39 is 0 Å². The maximum absolute atomic E-state index is 8.25. The fourth-order valence-electron chi connectivity index (χ4n) is 3.00. The van der Waals surface area contributed by atoms with Crippen molar-refractivity contribution in [1.82, 2.24) is 9.97 Å². The first kappa shape index (κ1) is 22.7. The molecule has 0 saturated heterocycles. The first-order valence-corrected chi connectivity index (χ1v) is 11.0. The van der Waals surface area contributed by atoms with E-state index in [9.17, 15) is 0 Å². The first-order valence-electron chi connectivity index (χ1n) is 10.2. The summed E-state index contributed by atoms with van der Waals surface area (Å²) in [5.41, 5.74) is 10.0. The Bertz CT molecular complexity index is 1060. The Morgan fingerprint density at radius 2 is 1.81 bits per heavy atom. The fraction of sp³-hybridized carbons (Fsp3) is 0.250. The third-order valence-electron chi connectivity index (χ3n) is 4.57. The third kappa shape index (κ3) is 5.99. The van der Waals surface area contributed by atoms with Crippen LogP contribution in [0.5, 0.6) is 0 Å². The highest BCUT2D eigenvalue weighted by Crippen LogP contribution is 2.26. The van der Waals surface area contributed by atoms with Crippen LogP contribution in [-0.2, 0) is 11.2 Å². The molecule has 31 heavy (non-hydrogen) atoms. The SMILES string of the molecule is Cc1ncc(-c2ccc(SC(C)C)cc2)nc1C(=[NH2+])OC(=N)c1ccc(CCN)cc1. The number of thioether (sulfide) groups is 1. The molecule has 0 saturated carbocycles. The Hall–Kier alpha value is -3.03. The highest BCUT2D eigenvalue weighted by molar-refractivity contribution is 7.99. The maximum atomic E-state index is 8.25. The molecule has 6 nitrogen and oxygen atoms in total. The number of hydrogen-bond donors (Lipinski definition) is 3. The predicted octanol–water partition coefficient (Wildman–Crippen LogP) is 3.00. The number of aryl methyl sites for hydroxylation is 1. The number of hydrogen-bond acceptors (Lipinski definition) is 6. The Morgan fingerprint density at radius 3 is 2.42 bits per heavy atom. The van der Waals surface area contributed by atoms with Gasteiger partial charge >= 0.3 is 5.90 Å². The molecule has 3 rings (SSSR count). The van der Waals surface area contributed by atoms with E-state index in [1.165, 1.54) is 4.90 Å². The van der Waals surface area contributed by atoms with Gasteiger partial charge in [-0.15, -0.1) is 11.8 Å². The highest BCUT2D eigenvalue weighted by atomic mass is 32.2. The summed E-state index contributed by atoms with van der Waals surface area (Å²) in [6.45, 7) is 6.74. The van der Waals surface area contributed by atoms with E-state index >= 15 is 0 Å². The molecule has 0 fully saturated rings. The molecule has 0 atom stereocenters. The fourth-order valence-corrected chi connectivity index (χ4v) is 3.84. The normalized spacial score (nSPS) is 10.9. The van der Waals surface area contributed by atoms with E-state index in [2.05, 4.69) is 35.9 Å². The molecular weight excluding hydrogens is 406 g/mol. The monoisotopic (exact) mass is 434 g/mol. The summed E-state index contributed by atoms with van der Waals surface area (Å²) in [6, 6.07) is 15.7. The second-order valence-electron chi connectivity index (χ2n) is 7.41. The lowest BCUT2D eigenvalue weighted by Gasteiger charge is -2.09. The number of nitrogens with zero attached hydrogens (tertiary/aromatic N) is 2. The molecule has 3 aromatic rings. The van der Waals surface area contributed by atoms with Crippen molar-refractivity contribution in [2.75, 3.05) is 6.54 Å². The van der Waals surface area contributed by atoms with Crippen molar-refractivity contribution in [2.45, 2.75) is 37.3 Å². The van der Waals surface area contributed by atoms with Gasteiger partial charge in [0.15, 0.2) is 5.69 Å². The van der Waals surface area contributed by atoms with Crippen LogP contribution in [0.1, 0.15) is 36.4 Å². The lowest BCUT2D eigenvalue weighted by Crippen LogP contribution is -2.44. The van der Waals surface area contributed by atoms with Gasteiger partial charge in [0.1, 0.15) is 0 Å². The zero-order valence-corrected chi connectivity index (χ0v) is 18.9. The van der Waals surface area contributed by atoms with E-state index in [0.717, 1.165) is 17.5 Å². The highest BCUT2D eigenvalue weighted by Gasteiger charge is 2.20. The van der Waals surface area contributed by atoms with Gasteiger partial charge in [0.05, 0.1) is 17.6 Å². The van der Waals surface area contributed by atoms with Crippen LogP contribution in [0.15, 0.2) is 59.6 Å². The molecule has 0 aliphatic rings. The van der Waals surface area contributed by atoms with E-state index in [1.54, 1.807) is 6.20 Å². The number of aromatic nitrogens is 2. The predicted molar refractivity (Wildman–Crippen MR) is 126 cm³/mol. The average molecular weight is 435 g/mol. The first-order chi connectivity index (χ1) is 14.9. The zero-order chi connectivity index (χ0) is 22.4. The van der Waals surface area contributed by atoms with Crippen molar-refractivity contribution < 1.29 is 10.1 Å². The molecule has 0 unspecified atom stereocenters. The zero-order valence-electron chi connectivity index (χ0n) is 18.1. The summed E-state index contributed by atoms with van der Waals surface area (Å²) in [6.07, 6.45) is 2.51. The summed E-state index contributed by atoms with van der Waals surface area (Å²) in [4.78, 5) is 10.3. The minimum Gasteiger partial charge on any atom is -0.385 e. The average Bonchev–Trinajstić information content (AvgIpc) is 2.75. The smallest absolute Gasteiger partial charge is 0.385 e. The Kier molecular flexibility index (Phi) is 7.55. The summed E-state index contributed by atoms with van der Waals surface area (Å²) in [7, 11) is 0. The van der Waals surface area contributed by atoms with Gasteiger partial charge in [0, 0.05) is 21.3 Å². The molecule has 1 heterocycles. The van der Waals surface area contributed by atoms with Crippen LogP contribution < -0.4 is 11.1 Å². The van der Waals surface area contributed by atoms with E-state index in [-0.39, 0.29) is 11.8 Å². The molecule has 0 amide bonds. The molecular formula is C24H28N5OS+. The summed E-state index contributed by atoms with van der Waals surface area (Å²) >= 11 is 1.81. The Labute approximate surface area is 187 Å². The molecule has 0 radical (unpaired) electrons. The van der Waals surface area contributed by atoms with Gasteiger partial charge in [-0.2, -0.15) is 0 Å². The Morgan fingerprint density at radius 1 is 1.13 bits per heavy atom. The van der Waals surface area contributed by atoms with Gasteiger partial charge in [-0.05, 0) is 49.7 Å². The molecule has 0 spiro atoms. The number of nitrogens with two attached hydrogens (primary N) is 2. The van der Waals surface area contributed by atoms with Gasteiger partial charge in [-0.3, -0.25) is 10.4 Å². The second-order valence-corrected chi connectivity index (χ2v) is 9.06. The standard InChI is InChI=1S/C24H27N5OS/c1-15(2)31-20-10-8-18(9-11-20)21-14-28-16(3)22(29-21)24(27)30-23(26)19-6-4-17(5-7-19)12-13-25/h4-11,14-15,26-27H,12-13,25H2,1-3H3/p+1. The second kappa shape index (κ2) is 10.3. The molecule has 1 aromatic heterocycles. The topological polar surface area (TPSA) is 110 Å². The molecule has 160 valence electrons. The molecule has 0 aliphatic heterocycles. The molecule has 5 N–H and O–H groups in total. The lowest BCUT2D eigenvalue weighted by atomic mass is 10.1. The number of rotatable bonds is 7. The van der Waals surface area contributed by atoms with Crippen LogP contribution in [-0.4, -0.2) is 33.6 Å². The summed E-state index contributed by atoms with van der Waals surface area (Å²) in [5.74, 6) is 0.00772. The van der Waals surface area contributed by atoms with Crippen molar-refractivity contribution >= 4 is 23.6 Å². The summed E-state index contributed by atoms with van der Waals surface area (Å²) < 4.78 is 5.60. The molecule has 0 bridgehead atoms. The number of benzene rings is 2. The minimum absolute atomic E-state index is 0.0431. The quantitative estimate of drug-likeness (QED) is 0.301. The molecule has 7 heteroatoms. The van der Waals surface area contributed by atoms with Crippen molar-refractivity contribution in [1.29, 1.82) is 5.41 Å². The van der Waals surface area contributed by atoms with Gasteiger partial charge in [-0.25, -0.2) is 10.4 Å². The largest absolute Gasteiger partial charge is 0.394 e. The maximum Gasteiger partial charge on any atom is 0.394 e. The minimum atomic E-state index is -0.0431. The van der Waals surface area contributed by atoms with Crippen molar-refractivity contribution in [2.24, 2.45) is 5.73 Å². The van der Waals surface area contributed by atoms with Gasteiger partial charge in [0.2, 0.25) is 5.90 Å². The van der Waals surface area contributed by atoms with Crippen molar-refractivity contribution in [3.05, 3.63) is 77.2 Å². The van der Waals surface area contributed by atoms with E-state index in [0.29, 0.717) is 34.4 Å². The van der Waals surface area contributed by atoms with Gasteiger partial charge in [-0.1, -0.05) is 38.1 Å². The third-order valence-corrected chi connectivity index (χ3v) is 5.59.